The van der Waals surface area contributed by atoms with Gasteiger partial charge >= 0.3 is 11.9 Å². The monoisotopic (exact) mass is 345 g/mol. The number of hydrogen-bond acceptors (Lipinski definition) is 7. The summed E-state index contributed by atoms with van der Waals surface area (Å²) < 4.78 is 9.31. The number of ether oxygens (including phenoxy) is 2. The Morgan fingerprint density at radius 2 is 1.83 bits per heavy atom. The molecule has 2 aromatic rings. The van der Waals surface area contributed by atoms with Gasteiger partial charge in [0.2, 0.25) is 0 Å². The molecular weight excluding hydrogens is 330 g/mol. The van der Waals surface area contributed by atoms with E-state index in [-0.39, 0.29) is 11.4 Å². The van der Waals surface area contributed by atoms with Crippen molar-refractivity contribution in [3.8, 4) is 0 Å². The van der Waals surface area contributed by atoms with Gasteiger partial charge < -0.3 is 9.47 Å². The van der Waals surface area contributed by atoms with E-state index in [4.69, 9.17) is 4.74 Å². The van der Waals surface area contributed by atoms with E-state index < -0.39 is 17.9 Å². The van der Waals surface area contributed by atoms with Crippen molar-refractivity contribution in [2.75, 3.05) is 14.2 Å². The number of rotatable bonds is 6. The van der Waals surface area contributed by atoms with Crippen molar-refractivity contribution in [2.24, 2.45) is 0 Å². The van der Waals surface area contributed by atoms with Gasteiger partial charge in [-0.25, -0.2) is 14.6 Å². The zero-order valence-corrected chi connectivity index (χ0v) is 13.9. The van der Waals surface area contributed by atoms with E-state index in [0.29, 0.717) is 10.6 Å². The van der Waals surface area contributed by atoms with Gasteiger partial charge in [0.15, 0.2) is 5.78 Å². The summed E-state index contributed by atoms with van der Waals surface area (Å²) in [5, 5.41) is 2.08. The Hall–Kier alpha value is -2.80. The number of nitrogens with zero attached hydrogens (tertiary/aromatic N) is 1. The molecule has 0 saturated carbocycles. The summed E-state index contributed by atoms with van der Waals surface area (Å²) in [5.41, 5.74) is 0.283. The van der Waals surface area contributed by atoms with Crippen molar-refractivity contribution in [1.82, 2.24) is 4.98 Å². The van der Waals surface area contributed by atoms with Crippen molar-refractivity contribution in [3.63, 3.8) is 0 Å². The summed E-state index contributed by atoms with van der Waals surface area (Å²) in [4.78, 5) is 40.9. The van der Waals surface area contributed by atoms with Gasteiger partial charge in [0.05, 0.1) is 19.8 Å². The predicted molar refractivity (Wildman–Crippen MR) is 87.7 cm³/mol. The van der Waals surface area contributed by atoms with E-state index in [1.165, 1.54) is 31.8 Å². The zero-order chi connectivity index (χ0) is 17.5. The minimum absolute atomic E-state index is 0.117. The van der Waals surface area contributed by atoms with Crippen LogP contribution >= 0.6 is 11.3 Å². The van der Waals surface area contributed by atoms with Crippen molar-refractivity contribution in [3.05, 3.63) is 64.1 Å². The van der Waals surface area contributed by atoms with Crippen LogP contribution in [-0.4, -0.2) is 36.9 Å². The van der Waals surface area contributed by atoms with Crippen LogP contribution in [0.1, 0.15) is 21.3 Å². The number of aromatic nitrogens is 1. The number of methoxy groups -OCH3 is 2. The average Bonchev–Trinajstić information content (AvgIpc) is 3.15. The number of hydrogen-bond donors (Lipinski definition) is 0. The topological polar surface area (TPSA) is 82.6 Å². The maximum Gasteiger partial charge on any atom is 0.335 e. The molecule has 7 heteroatoms. The van der Waals surface area contributed by atoms with Crippen LogP contribution in [0.5, 0.6) is 0 Å². The molecule has 0 aliphatic heterocycles. The summed E-state index contributed by atoms with van der Waals surface area (Å²) in [5.74, 6) is -2.94. The van der Waals surface area contributed by atoms with Crippen LogP contribution < -0.4 is 0 Å². The van der Waals surface area contributed by atoms with Crippen LogP contribution in [0, 0.1) is 0 Å². The number of esters is 2. The highest BCUT2D eigenvalue weighted by molar-refractivity contribution is 7.09. The largest absolute Gasteiger partial charge is 0.466 e. The number of carbonyl (C=O) groups excluding carboxylic acids is 3. The fraction of sp³-hybridized carbons (Fsp3) is 0.176. The summed E-state index contributed by atoms with van der Waals surface area (Å²) in [7, 11) is 2.37. The molecule has 0 N–H and O–H groups in total. The number of benzene rings is 1. The van der Waals surface area contributed by atoms with Gasteiger partial charge in [-0.05, 0) is 0 Å². The molecule has 24 heavy (non-hydrogen) atoms. The number of Topliss-reactive ketones (excluding diaryl/α,β-unsaturated/α-hetero) is 1. The summed E-state index contributed by atoms with van der Waals surface area (Å²) >= 11 is 1.21. The lowest BCUT2D eigenvalue weighted by atomic mass is 9.90. The molecule has 1 atom stereocenters. The van der Waals surface area contributed by atoms with E-state index in [0.717, 1.165) is 6.08 Å². The standard InChI is InChI=1S/C17H15NO5S/c1-22-13(19)10-12(17(21)23-2)14(16-18-8-9-24-16)15(20)11-6-4-3-5-7-11/h3-10,14H,1-2H3/b12-10+. The van der Waals surface area contributed by atoms with Gasteiger partial charge in [-0.1, -0.05) is 30.3 Å². The minimum Gasteiger partial charge on any atom is -0.466 e. The molecule has 124 valence electrons. The van der Waals surface area contributed by atoms with Crippen molar-refractivity contribution >= 4 is 29.1 Å². The lowest BCUT2D eigenvalue weighted by Gasteiger charge is -2.16. The fourth-order valence-corrected chi connectivity index (χ4v) is 2.85. The first kappa shape index (κ1) is 17.6. The molecule has 0 radical (unpaired) electrons. The van der Waals surface area contributed by atoms with Crippen LogP contribution in [0.4, 0.5) is 0 Å². The third-order valence-electron chi connectivity index (χ3n) is 3.23. The number of ketones is 1. The van der Waals surface area contributed by atoms with Crippen LogP contribution in [-0.2, 0) is 19.1 Å². The Kier molecular flexibility index (Phi) is 5.97. The molecule has 0 saturated heterocycles. The average molecular weight is 345 g/mol. The Labute approximate surface area is 142 Å². The molecule has 0 fully saturated rings. The molecular formula is C17H15NO5S. The van der Waals surface area contributed by atoms with E-state index in [1.54, 1.807) is 35.7 Å². The highest BCUT2D eigenvalue weighted by Gasteiger charge is 2.33. The molecule has 6 nitrogen and oxygen atoms in total. The first-order valence-corrected chi connectivity index (χ1v) is 7.83. The van der Waals surface area contributed by atoms with Crippen LogP contribution in [0.2, 0.25) is 0 Å². The second-order valence-electron chi connectivity index (χ2n) is 4.65. The SMILES string of the molecule is COC(=O)/C=C(/C(=O)OC)C(C(=O)c1ccccc1)c1nccs1. The number of thiazole rings is 1. The Balaban J connectivity index is 2.56. The van der Waals surface area contributed by atoms with Gasteiger partial charge in [-0.3, -0.25) is 4.79 Å². The Morgan fingerprint density at radius 1 is 1.12 bits per heavy atom. The van der Waals surface area contributed by atoms with Crippen molar-refractivity contribution < 1.29 is 23.9 Å². The molecule has 2 rings (SSSR count). The van der Waals surface area contributed by atoms with E-state index in [2.05, 4.69) is 9.72 Å². The molecule has 0 spiro atoms. The predicted octanol–water partition coefficient (Wildman–Crippen LogP) is 2.38. The van der Waals surface area contributed by atoms with Gasteiger partial charge in [0.25, 0.3) is 0 Å². The third-order valence-corrected chi connectivity index (χ3v) is 4.07. The fourth-order valence-electron chi connectivity index (χ4n) is 2.10. The summed E-state index contributed by atoms with van der Waals surface area (Å²) in [6.45, 7) is 0. The molecule has 0 aliphatic carbocycles. The highest BCUT2D eigenvalue weighted by atomic mass is 32.1. The van der Waals surface area contributed by atoms with Crippen molar-refractivity contribution in [1.29, 1.82) is 0 Å². The van der Waals surface area contributed by atoms with Gasteiger partial charge in [0.1, 0.15) is 10.9 Å². The second kappa shape index (κ2) is 8.16. The molecule has 1 unspecified atom stereocenters. The lowest BCUT2D eigenvalue weighted by molar-refractivity contribution is -0.138. The van der Waals surface area contributed by atoms with Crippen LogP contribution in [0.25, 0.3) is 0 Å². The quantitative estimate of drug-likeness (QED) is 0.454. The van der Waals surface area contributed by atoms with Gasteiger partial charge in [-0.2, -0.15) is 0 Å². The number of carbonyl (C=O) groups is 3. The van der Waals surface area contributed by atoms with Crippen molar-refractivity contribution in [2.45, 2.75) is 5.92 Å². The third kappa shape index (κ3) is 3.94. The lowest BCUT2D eigenvalue weighted by Crippen LogP contribution is -2.22. The molecule has 1 aromatic carbocycles. The summed E-state index contributed by atoms with van der Waals surface area (Å²) in [6.07, 6.45) is 2.50. The maximum absolute atomic E-state index is 12.9. The van der Waals surface area contributed by atoms with E-state index in [9.17, 15) is 14.4 Å². The van der Waals surface area contributed by atoms with Gasteiger partial charge in [-0.15, -0.1) is 11.3 Å². The first-order chi connectivity index (χ1) is 11.6. The molecule has 0 aliphatic rings. The van der Waals surface area contributed by atoms with Gasteiger partial charge in [0, 0.05) is 23.2 Å². The summed E-state index contributed by atoms with van der Waals surface area (Å²) in [6, 6.07) is 8.48. The molecule has 0 amide bonds. The van der Waals surface area contributed by atoms with E-state index >= 15 is 0 Å². The Bertz CT molecular complexity index is 753. The second-order valence-corrected chi connectivity index (χ2v) is 5.57. The van der Waals surface area contributed by atoms with Crippen LogP contribution in [0.3, 0.4) is 0 Å². The maximum atomic E-state index is 12.9. The Morgan fingerprint density at radius 3 is 2.38 bits per heavy atom. The molecule has 1 aromatic heterocycles. The first-order valence-electron chi connectivity index (χ1n) is 6.95. The normalized spacial score (nSPS) is 12.3. The van der Waals surface area contributed by atoms with Crippen LogP contribution in [0.15, 0.2) is 53.6 Å². The van der Waals surface area contributed by atoms with E-state index in [1.807, 2.05) is 0 Å². The molecule has 0 bridgehead atoms. The smallest absolute Gasteiger partial charge is 0.335 e. The highest BCUT2D eigenvalue weighted by Crippen LogP contribution is 2.31. The molecule has 1 heterocycles. The minimum atomic E-state index is -1.04. The zero-order valence-electron chi connectivity index (χ0n) is 13.1.